The molecule has 2 heterocycles. The first kappa shape index (κ1) is 16.9. The quantitative estimate of drug-likeness (QED) is 0.848. The average Bonchev–Trinajstić information content (AvgIpc) is 2.44. The van der Waals surface area contributed by atoms with Gasteiger partial charge >= 0.3 is 0 Å². The molecule has 7 heteroatoms. The van der Waals surface area contributed by atoms with Crippen molar-refractivity contribution in [3.8, 4) is 0 Å². The molecule has 1 aliphatic heterocycles. The topological polar surface area (TPSA) is 83.1 Å². The second kappa shape index (κ2) is 6.14. The van der Waals surface area contributed by atoms with Gasteiger partial charge in [0, 0.05) is 31.5 Å². The van der Waals surface area contributed by atoms with Crippen molar-refractivity contribution >= 4 is 9.84 Å². The van der Waals surface area contributed by atoms with Crippen molar-refractivity contribution in [3.63, 3.8) is 0 Å². The Bertz CT molecular complexity index is 928. The molecule has 0 spiro atoms. The number of hydrogen-bond acceptors (Lipinski definition) is 5. The van der Waals surface area contributed by atoms with Gasteiger partial charge < -0.3 is 0 Å². The maximum absolute atomic E-state index is 12.1. The summed E-state index contributed by atoms with van der Waals surface area (Å²) in [6.45, 7) is 6.13. The number of nitrogens with one attached hydrogen (secondary N) is 1. The van der Waals surface area contributed by atoms with Crippen LogP contribution < -0.4 is 5.56 Å². The van der Waals surface area contributed by atoms with Gasteiger partial charge in [-0.25, -0.2) is 13.4 Å². The Kier molecular flexibility index (Phi) is 4.31. The molecular formula is C17H21N3O3S. The lowest BCUT2D eigenvalue weighted by molar-refractivity contribution is 0.239. The zero-order valence-corrected chi connectivity index (χ0v) is 14.9. The predicted octanol–water partition coefficient (Wildman–Crippen LogP) is 1.35. The van der Waals surface area contributed by atoms with E-state index in [1.165, 1.54) is 16.7 Å². The number of rotatable bonds is 3. The molecule has 0 fully saturated rings. The first-order valence-electron chi connectivity index (χ1n) is 7.84. The molecule has 0 saturated carbocycles. The largest absolute Gasteiger partial charge is 0.297 e. The highest BCUT2D eigenvalue weighted by molar-refractivity contribution is 7.90. The Hall–Kier alpha value is -1.99. The van der Waals surface area contributed by atoms with Crippen molar-refractivity contribution in [3.05, 3.63) is 56.5 Å². The van der Waals surface area contributed by atoms with Crippen molar-refractivity contribution in [2.75, 3.05) is 12.8 Å². The van der Waals surface area contributed by atoms with Crippen molar-refractivity contribution in [1.29, 1.82) is 0 Å². The Morgan fingerprint density at radius 1 is 1.21 bits per heavy atom. The first-order valence-corrected chi connectivity index (χ1v) is 9.73. The van der Waals surface area contributed by atoms with E-state index < -0.39 is 9.84 Å². The molecular weight excluding hydrogens is 326 g/mol. The standard InChI is InChI=1S/C17H21N3O3S/c1-11-6-12(2)8-13(7-11)9-20-5-4-14-15(10-20)18-17(19-16(14)21)24(3,22)23/h6-8H,4-5,9-10H2,1-3H3,(H,18,19,21). The van der Waals surface area contributed by atoms with Gasteiger partial charge in [0.25, 0.3) is 5.56 Å². The maximum Gasteiger partial charge on any atom is 0.255 e. The number of nitrogens with zero attached hydrogens (tertiary/aromatic N) is 2. The Morgan fingerprint density at radius 2 is 1.88 bits per heavy atom. The molecule has 1 aliphatic rings. The highest BCUT2D eigenvalue weighted by atomic mass is 32.2. The van der Waals surface area contributed by atoms with Gasteiger partial charge in [0.05, 0.1) is 5.69 Å². The van der Waals surface area contributed by atoms with E-state index in [4.69, 9.17) is 0 Å². The normalized spacial score (nSPS) is 15.3. The zero-order chi connectivity index (χ0) is 17.5. The van der Waals surface area contributed by atoms with Gasteiger partial charge in [-0.1, -0.05) is 29.3 Å². The number of H-pyrrole nitrogens is 1. The third-order valence-corrected chi connectivity index (χ3v) is 5.07. The summed E-state index contributed by atoms with van der Waals surface area (Å²) >= 11 is 0. The van der Waals surface area contributed by atoms with E-state index in [0.29, 0.717) is 24.2 Å². The molecule has 24 heavy (non-hydrogen) atoms. The third kappa shape index (κ3) is 3.57. The van der Waals surface area contributed by atoms with Crippen LogP contribution in [0.25, 0.3) is 0 Å². The van der Waals surface area contributed by atoms with Crippen LogP contribution in [-0.2, 0) is 29.3 Å². The van der Waals surface area contributed by atoms with E-state index in [0.717, 1.165) is 19.3 Å². The SMILES string of the molecule is Cc1cc(C)cc(CN2CCc3c(nc(S(C)(=O)=O)[nH]c3=O)C2)c1. The van der Waals surface area contributed by atoms with Crippen LogP contribution in [0.5, 0.6) is 0 Å². The number of aromatic amines is 1. The van der Waals surface area contributed by atoms with Crippen LogP contribution >= 0.6 is 0 Å². The lowest BCUT2D eigenvalue weighted by Crippen LogP contribution is -2.35. The molecule has 0 bridgehead atoms. The van der Waals surface area contributed by atoms with Crippen LogP contribution in [0.15, 0.2) is 28.2 Å². The van der Waals surface area contributed by atoms with Crippen LogP contribution in [0, 0.1) is 13.8 Å². The Balaban J connectivity index is 1.88. The lowest BCUT2D eigenvalue weighted by atomic mass is 10.0. The lowest BCUT2D eigenvalue weighted by Gasteiger charge is -2.27. The van der Waals surface area contributed by atoms with E-state index in [9.17, 15) is 13.2 Å². The molecule has 3 rings (SSSR count). The summed E-state index contributed by atoms with van der Waals surface area (Å²) in [6, 6.07) is 6.43. The van der Waals surface area contributed by atoms with Crippen molar-refractivity contribution in [2.45, 2.75) is 38.5 Å². The minimum atomic E-state index is -3.53. The van der Waals surface area contributed by atoms with Gasteiger partial charge in [0.15, 0.2) is 0 Å². The smallest absolute Gasteiger partial charge is 0.255 e. The monoisotopic (exact) mass is 347 g/mol. The van der Waals surface area contributed by atoms with Crippen LogP contribution in [0.4, 0.5) is 0 Å². The minimum Gasteiger partial charge on any atom is -0.297 e. The molecule has 0 atom stereocenters. The van der Waals surface area contributed by atoms with E-state index in [1.54, 1.807) is 0 Å². The fourth-order valence-corrected chi connectivity index (χ4v) is 3.75. The molecule has 1 aromatic carbocycles. The highest BCUT2D eigenvalue weighted by Gasteiger charge is 2.23. The van der Waals surface area contributed by atoms with Crippen LogP contribution in [-0.4, -0.2) is 36.1 Å². The molecule has 0 amide bonds. The van der Waals surface area contributed by atoms with E-state index >= 15 is 0 Å². The summed E-state index contributed by atoms with van der Waals surface area (Å²) in [7, 11) is -3.53. The Morgan fingerprint density at radius 3 is 2.50 bits per heavy atom. The second-order valence-electron chi connectivity index (χ2n) is 6.53. The summed E-state index contributed by atoms with van der Waals surface area (Å²) in [5.74, 6) is 0. The van der Waals surface area contributed by atoms with Gasteiger partial charge in [-0.05, 0) is 25.8 Å². The zero-order valence-electron chi connectivity index (χ0n) is 14.1. The molecule has 0 aliphatic carbocycles. The fourth-order valence-electron chi connectivity index (χ4n) is 3.20. The van der Waals surface area contributed by atoms with Crippen molar-refractivity contribution in [2.24, 2.45) is 0 Å². The van der Waals surface area contributed by atoms with Crippen LogP contribution in [0.1, 0.15) is 27.9 Å². The number of hydrogen-bond donors (Lipinski definition) is 1. The number of aryl methyl sites for hydroxylation is 2. The molecule has 1 N–H and O–H groups in total. The van der Waals surface area contributed by atoms with Gasteiger partial charge in [0.2, 0.25) is 15.0 Å². The highest BCUT2D eigenvalue weighted by Crippen LogP contribution is 2.18. The second-order valence-corrected chi connectivity index (χ2v) is 8.46. The molecule has 0 unspecified atom stereocenters. The summed E-state index contributed by atoms with van der Waals surface area (Å²) in [6.07, 6.45) is 1.63. The number of benzene rings is 1. The fraction of sp³-hybridized carbons (Fsp3) is 0.412. The Labute approximate surface area is 141 Å². The van der Waals surface area contributed by atoms with Gasteiger partial charge in [-0.3, -0.25) is 14.7 Å². The molecule has 1 aromatic heterocycles. The number of fused-ring (bicyclic) bond motifs is 1. The molecule has 2 aromatic rings. The minimum absolute atomic E-state index is 0.250. The number of aromatic nitrogens is 2. The molecule has 128 valence electrons. The third-order valence-electron chi connectivity index (χ3n) is 4.17. The molecule has 0 radical (unpaired) electrons. The summed E-state index contributed by atoms with van der Waals surface area (Å²) in [5, 5.41) is -0.250. The van der Waals surface area contributed by atoms with Gasteiger partial charge in [-0.2, -0.15) is 0 Å². The summed E-state index contributed by atoms with van der Waals surface area (Å²) in [4.78, 5) is 20.9. The van der Waals surface area contributed by atoms with E-state index in [-0.39, 0.29) is 10.7 Å². The predicted molar refractivity (Wildman–Crippen MR) is 91.7 cm³/mol. The van der Waals surface area contributed by atoms with Crippen LogP contribution in [0.3, 0.4) is 0 Å². The van der Waals surface area contributed by atoms with E-state index in [2.05, 4.69) is 46.9 Å². The molecule has 6 nitrogen and oxygen atoms in total. The summed E-state index contributed by atoms with van der Waals surface area (Å²) < 4.78 is 23.3. The first-order chi connectivity index (χ1) is 11.2. The average molecular weight is 347 g/mol. The summed E-state index contributed by atoms with van der Waals surface area (Å²) in [5.41, 5.74) is 4.47. The molecule has 0 saturated heterocycles. The van der Waals surface area contributed by atoms with Crippen molar-refractivity contribution < 1.29 is 8.42 Å². The van der Waals surface area contributed by atoms with Crippen molar-refractivity contribution in [1.82, 2.24) is 14.9 Å². The maximum atomic E-state index is 12.1. The van der Waals surface area contributed by atoms with Crippen LogP contribution in [0.2, 0.25) is 0 Å². The van der Waals surface area contributed by atoms with Gasteiger partial charge in [0.1, 0.15) is 0 Å². The van der Waals surface area contributed by atoms with E-state index in [1.807, 2.05) is 0 Å². The number of sulfone groups is 1. The van der Waals surface area contributed by atoms with Gasteiger partial charge in [-0.15, -0.1) is 0 Å².